The van der Waals surface area contributed by atoms with Crippen LogP contribution in [0, 0.1) is 6.92 Å². The molecule has 1 aliphatic rings. The van der Waals surface area contributed by atoms with Crippen LogP contribution in [0.5, 0.6) is 0 Å². The van der Waals surface area contributed by atoms with Crippen molar-refractivity contribution in [3.05, 3.63) is 78.0 Å². The monoisotopic (exact) mass is 429 g/mol. The predicted octanol–water partition coefficient (Wildman–Crippen LogP) is 3.55. The first-order valence-corrected chi connectivity index (χ1v) is 10.4. The molecule has 2 amide bonds. The van der Waals surface area contributed by atoms with Gasteiger partial charge in [-0.05, 0) is 31.6 Å². The van der Waals surface area contributed by atoms with Crippen LogP contribution in [-0.2, 0) is 19.1 Å². The summed E-state index contributed by atoms with van der Waals surface area (Å²) in [6.07, 6.45) is 5.72. The Kier molecular flexibility index (Phi) is 6.26. The van der Waals surface area contributed by atoms with Crippen molar-refractivity contribution in [1.82, 2.24) is 14.7 Å². The Hall–Kier alpha value is -4.00. The largest absolute Gasteiger partial charge is 0.452 e. The molecule has 0 bridgehead atoms. The van der Waals surface area contributed by atoms with Crippen LogP contribution < -0.4 is 0 Å². The van der Waals surface area contributed by atoms with Crippen molar-refractivity contribution in [2.75, 3.05) is 13.2 Å². The van der Waals surface area contributed by atoms with Crippen LogP contribution in [0.4, 0.5) is 0 Å². The van der Waals surface area contributed by atoms with Crippen LogP contribution in [0.2, 0.25) is 0 Å². The average molecular weight is 429 g/mol. The minimum absolute atomic E-state index is 0.224. The highest BCUT2D eigenvalue weighted by Crippen LogP contribution is 2.25. The third kappa shape index (κ3) is 4.83. The molecule has 7 heteroatoms. The first-order chi connectivity index (χ1) is 15.5. The van der Waals surface area contributed by atoms with Gasteiger partial charge < -0.3 is 4.74 Å². The lowest BCUT2D eigenvalue weighted by atomic mass is 10.1. The van der Waals surface area contributed by atoms with E-state index in [-0.39, 0.29) is 5.91 Å². The van der Waals surface area contributed by atoms with E-state index in [2.05, 4.69) is 0 Å². The number of para-hydroxylation sites is 1. The number of hydrogen-bond acceptors (Lipinski definition) is 5. The van der Waals surface area contributed by atoms with Gasteiger partial charge in [0.25, 0.3) is 5.91 Å². The molecule has 0 spiro atoms. The Morgan fingerprint density at radius 1 is 1.09 bits per heavy atom. The van der Waals surface area contributed by atoms with Crippen LogP contribution in [0.1, 0.15) is 24.0 Å². The number of ether oxygens (including phenoxy) is 1. The molecule has 1 fully saturated rings. The molecule has 1 saturated heterocycles. The van der Waals surface area contributed by atoms with Gasteiger partial charge in [0.05, 0.1) is 11.4 Å². The predicted molar refractivity (Wildman–Crippen MR) is 120 cm³/mol. The van der Waals surface area contributed by atoms with Crippen LogP contribution in [0.3, 0.4) is 0 Å². The van der Waals surface area contributed by atoms with E-state index in [9.17, 15) is 14.4 Å². The Labute approximate surface area is 185 Å². The summed E-state index contributed by atoms with van der Waals surface area (Å²) in [4.78, 5) is 37.0. The van der Waals surface area contributed by atoms with Crippen molar-refractivity contribution in [1.29, 1.82) is 0 Å². The number of nitrogens with zero attached hydrogens (tertiary/aromatic N) is 3. The van der Waals surface area contributed by atoms with E-state index < -0.39 is 18.5 Å². The van der Waals surface area contributed by atoms with E-state index in [1.165, 1.54) is 6.08 Å². The van der Waals surface area contributed by atoms with Gasteiger partial charge in [0.2, 0.25) is 5.91 Å². The van der Waals surface area contributed by atoms with E-state index in [1.54, 1.807) is 10.8 Å². The average Bonchev–Trinajstić information content (AvgIpc) is 3.43. The number of hydrogen-bond donors (Lipinski definition) is 0. The first kappa shape index (κ1) is 21.2. The Balaban J connectivity index is 1.52. The summed E-state index contributed by atoms with van der Waals surface area (Å²) in [5.41, 5.74) is 4.40. The molecular weight excluding hydrogens is 406 g/mol. The van der Waals surface area contributed by atoms with Gasteiger partial charge in [-0.2, -0.15) is 5.10 Å². The molecule has 4 rings (SSSR count). The van der Waals surface area contributed by atoms with Gasteiger partial charge in [-0.15, -0.1) is 0 Å². The molecule has 2 heterocycles. The molecule has 2 aromatic carbocycles. The zero-order valence-corrected chi connectivity index (χ0v) is 17.7. The number of carbonyl (C=O) groups is 3. The molecule has 3 aromatic rings. The minimum atomic E-state index is -0.660. The van der Waals surface area contributed by atoms with Crippen molar-refractivity contribution in [2.45, 2.75) is 19.8 Å². The maximum atomic E-state index is 12.2. The Bertz CT molecular complexity index is 1160. The number of likely N-dealkylation sites (tertiary alicyclic amines) is 1. The molecule has 0 N–H and O–H groups in total. The van der Waals surface area contributed by atoms with Crippen molar-refractivity contribution < 1.29 is 19.1 Å². The van der Waals surface area contributed by atoms with E-state index in [1.807, 2.05) is 67.7 Å². The minimum Gasteiger partial charge on any atom is -0.452 e. The number of aryl methyl sites for hydroxylation is 1. The third-order valence-electron chi connectivity index (χ3n) is 5.20. The second-order valence-electron chi connectivity index (χ2n) is 7.56. The smallest absolute Gasteiger partial charge is 0.331 e. The first-order valence-electron chi connectivity index (χ1n) is 10.4. The van der Waals surface area contributed by atoms with Gasteiger partial charge >= 0.3 is 5.97 Å². The summed E-state index contributed by atoms with van der Waals surface area (Å²) < 4.78 is 6.80. The Morgan fingerprint density at radius 2 is 1.84 bits per heavy atom. The fourth-order valence-electron chi connectivity index (χ4n) is 3.49. The van der Waals surface area contributed by atoms with Crippen molar-refractivity contribution >= 4 is 23.9 Å². The molecular formula is C25H23N3O4. The van der Waals surface area contributed by atoms with Crippen molar-refractivity contribution in [2.24, 2.45) is 0 Å². The fraction of sp³-hybridized carbons (Fsp3) is 0.200. The van der Waals surface area contributed by atoms with Gasteiger partial charge in [0.15, 0.2) is 6.61 Å². The maximum Gasteiger partial charge on any atom is 0.331 e. The molecule has 1 aliphatic heterocycles. The number of imide groups is 1. The van der Waals surface area contributed by atoms with Crippen LogP contribution in [-0.4, -0.2) is 45.6 Å². The number of benzene rings is 2. The zero-order valence-electron chi connectivity index (χ0n) is 17.7. The molecule has 1 aromatic heterocycles. The second kappa shape index (κ2) is 9.43. The van der Waals surface area contributed by atoms with Gasteiger partial charge in [-0.3, -0.25) is 14.5 Å². The lowest BCUT2D eigenvalue weighted by Gasteiger charge is -2.12. The summed E-state index contributed by atoms with van der Waals surface area (Å²) in [5.74, 6) is -1.38. The second-order valence-corrected chi connectivity index (χ2v) is 7.56. The van der Waals surface area contributed by atoms with Gasteiger partial charge in [0, 0.05) is 36.4 Å². The van der Waals surface area contributed by atoms with E-state index in [4.69, 9.17) is 9.84 Å². The standard InChI is InChI=1S/C25H23N3O4/c1-18-9-11-19(12-10-18)25-20(16-28(26-25)21-6-3-2-4-7-21)13-14-24(31)32-17-23(30)27-15-5-8-22(27)29/h2-4,6-7,9-14,16H,5,8,15,17H2,1H3/b14-13+. The Morgan fingerprint density at radius 3 is 2.53 bits per heavy atom. The van der Waals surface area contributed by atoms with Crippen molar-refractivity contribution in [3.8, 4) is 16.9 Å². The number of esters is 1. The molecule has 0 aliphatic carbocycles. The van der Waals surface area contributed by atoms with E-state index in [0.29, 0.717) is 19.4 Å². The summed E-state index contributed by atoms with van der Waals surface area (Å²) in [7, 11) is 0. The maximum absolute atomic E-state index is 12.2. The number of amides is 2. The van der Waals surface area contributed by atoms with E-state index >= 15 is 0 Å². The van der Waals surface area contributed by atoms with Gasteiger partial charge in [-0.1, -0.05) is 48.0 Å². The summed E-state index contributed by atoms with van der Waals surface area (Å²) >= 11 is 0. The summed E-state index contributed by atoms with van der Waals surface area (Å²) in [6, 6.07) is 17.6. The molecule has 162 valence electrons. The molecule has 0 radical (unpaired) electrons. The highest BCUT2D eigenvalue weighted by molar-refractivity contribution is 5.98. The van der Waals surface area contributed by atoms with Crippen LogP contribution >= 0.6 is 0 Å². The third-order valence-corrected chi connectivity index (χ3v) is 5.20. The molecule has 0 saturated carbocycles. The highest BCUT2D eigenvalue weighted by atomic mass is 16.5. The molecule has 32 heavy (non-hydrogen) atoms. The summed E-state index contributed by atoms with van der Waals surface area (Å²) in [5, 5.41) is 4.71. The van der Waals surface area contributed by atoms with Gasteiger partial charge in [-0.25, -0.2) is 9.48 Å². The molecule has 7 nitrogen and oxygen atoms in total. The number of aromatic nitrogens is 2. The molecule has 0 unspecified atom stereocenters. The SMILES string of the molecule is Cc1ccc(-c2nn(-c3ccccc3)cc2/C=C/C(=O)OCC(=O)N2CCCC2=O)cc1. The lowest BCUT2D eigenvalue weighted by Crippen LogP contribution is -2.35. The van der Waals surface area contributed by atoms with Crippen LogP contribution in [0.25, 0.3) is 23.0 Å². The molecule has 0 atom stereocenters. The zero-order chi connectivity index (χ0) is 22.5. The number of rotatable bonds is 6. The van der Waals surface area contributed by atoms with E-state index in [0.717, 1.165) is 33.0 Å². The van der Waals surface area contributed by atoms with Crippen molar-refractivity contribution in [3.63, 3.8) is 0 Å². The fourth-order valence-corrected chi connectivity index (χ4v) is 3.49. The quantitative estimate of drug-likeness (QED) is 0.442. The summed E-state index contributed by atoms with van der Waals surface area (Å²) in [6.45, 7) is 1.94. The van der Waals surface area contributed by atoms with Crippen LogP contribution in [0.15, 0.2) is 66.9 Å². The highest BCUT2D eigenvalue weighted by Gasteiger charge is 2.26. The topological polar surface area (TPSA) is 81.5 Å². The number of carbonyl (C=O) groups excluding carboxylic acids is 3. The lowest BCUT2D eigenvalue weighted by molar-refractivity contribution is -0.151. The normalized spacial score (nSPS) is 13.7. The van der Waals surface area contributed by atoms with Gasteiger partial charge in [0.1, 0.15) is 0 Å².